The molecule has 0 radical (unpaired) electrons. The van der Waals surface area contributed by atoms with Crippen LogP contribution in [0.2, 0.25) is 0 Å². The molecular weight excluding hydrogens is 262 g/mol. The van der Waals surface area contributed by atoms with Gasteiger partial charge in [-0.15, -0.1) is 5.10 Å². The summed E-state index contributed by atoms with van der Waals surface area (Å²) in [4.78, 5) is 24.5. The molecule has 1 fully saturated rings. The second-order valence-corrected chi connectivity index (χ2v) is 5.80. The quantitative estimate of drug-likeness (QED) is 0.740. The molecule has 0 spiro atoms. The number of nitrogens with one attached hydrogen (secondary N) is 2. The average molecular weight is 281 g/mol. The van der Waals surface area contributed by atoms with Gasteiger partial charge >= 0.3 is 6.01 Å². The van der Waals surface area contributed by atoms with Crippen LogP contribution in [0.15, 0.2) is 4.42 Å². The number of rotatable bonds is 3. The fourth-order valence-corrected chi connectivity index (χ4v) is 1.72. The normalized spacial score (nSPS) is 20.2. The number of hydrogen-bond donors (Lipinski definition) is 2. The van der Waals surface area contributed by atoms with E-state index in [-0.39, 0.29) is 29.9 Å². The molecule has 110 valence electrons. The Morgan fingerprint density at radius 1 is 1.40 bits per heavy atom. The molecule has 20 heavy (non-hydrogen) atoms. The fraction of sp³-hybridized carbons (Fsp3) is 0.667. The summed E-state index contributed by atoms with van der Waals surface area (Å²) in [6.45, 7) is 8.22. The molecule has 1 aliphatic heterocycles. The summed E-state index contributed by atoms with van der Waals surface area (Å²) in [6.07, 6.45) is 0. The minimum Gasteiger partial charge on any atom is -0.407 e. The first-order chi connectivity index (χ1) is 9.26. The molecule has 0 saturated carbocycles. The van der Waals surface area contributed by atoms with E-state index in [4.69, 9.17) is 4.42 Å². The van der Waals surface area contributed by atoms with Gasteiger partial charge in [0.15, 0.2) is 0 Å². The highest BCUT2D eigenvalue weighted by atomic mass is 16.4. The molecule has 0 bridgehead atoms. The van der Waals surface area contributed by atoms with Gasteiger partial charge in [-0.25, -0.2) is 0 Å². The van der Waals surface area contributed by atoms with Crippen molar-refractivity contribution in [2.45, 2.75) is 45.8 Å². The van der Waals surface area contributed by atoms with E-state index in [0.717, 1.165) is 0 Å². The van der Waals surface area contributed by atoms with E-state index >= 15 is 0 Å². The lowest BCUT2D eigenvalue weighted by Crippen LogP contribution is -2.57. The third kappa shape index (κ3) is 3.32. The molecule has 8 nitrogen and oxygen atoms in total. The van der Waals surface area contributed by atoms with Crippen molar-refractivity contribution in [3.8, 4) is 0 Å². The minimum atomic E-state index is -0.517. The summed E-state index contributed by atoms with van der Waals surface area (Å²) in [7, 11) is 0. The van der Waals surface area contributed by atoms with E-state index in [1.165, 1.54) is 4.90 Å². The molecule has 2 heterocycles. The van der Waals surface area contributed by atoms with Gasteiger partial charge in [-0.05, 0) is 27.7 Å². The molecule has 1 aliphatic rings. The Hall–Kier alpha value is -1.96. The number of imide groups is 1. The zero-order valence-corrected chi connectivity index (χ0v) is 12.1. The molecule has 2 amide bonds. The van der Waals surface area contributed by atoms with E-state index < -0.39 is 6.04 Å². The predicted octanol–water partition coefficient (Wildman–Crippen LogP) is -0.191. The van der Waals surface area contributed by atoms with Gasteiger partial charge in [0.2, 0.25) is 17.7 Å². The second kappa shape index (κ2) is 5.20. The highest BCUT2D eigenvalue weighted by molar-refractivity contribution is 6.03. The number of aromatic nitrogens is 2. The fourth-order valence-electron chi connectivity index (χ4n) is 1.72. The highest BCUT2D eigenvalue weighted by Crippen LogP contribution is 2.17. The van der Waals surface area contributed by atoms with Gasteiger partial charge in [0.1, 0.15) is 12.6 Å². The van der Waals surface area contributed by atoms with Gasteiger partial charge in [-0.2, -0.15) is 0 Å². The minimum absolute atomic E-state index is 0.0290. The summed E-state index contributed by atoms with van der Waals surface area (Å²) in [5.74, 6) is -0.324. The number of nitrogens with zero attached hydrogens (tertiary/aromatic N) is 3. The van der Waals surface area contributed by atoms with E-state index in [1.807, 2.05) is 20.8 Å². The summed E-state index contributed by atoms with van der Waals surface area (Å²) >= 11 is 0. The van der Waals surface area contributed by atoms with Gasteiger partial charge in [-0.3, -0.25) is 14.9 Å². The molecule has 1 unspecified atom stereocenters. The van der Waals surface area contributed by atoms with Crippen LogP contribution in [0.3, 0.4) is 0 Å². The zero-order chi connectivity index (χ0) is 14.9. The van der Waals surface area contributed by atoms with E-state index in [1.54, 1.807) is 6.92 Å². The van der Waals surface area contributed by atoms with Crippen molar-refractivity contribution in [2.24, 2.45) is 0 Å². The number of hydrogen-bond acceptors (Lipinski definition) is 7. The van der Waals surface area contributed by atoms with Crippen LogP contribution in [-0.2, 0) is 16.1 Å². The van der Waals surface area contributed by atoms with Crippen molar-refractivity contribution in [1.82, 2.24) is 20.8 Å². The summed E-state index contributed by atoms with van der Waals surface area (Å²) in [5, 5.41) is 13.3. The molecule has 1 aromatic rings. The summed E-state index contributed by atoms with van der Waals surface area (Å²) in [5.41, 5.74) is -0.0666. The van der Waals surface area contributed by atoms with Crippen molar-refractivity contribution in [3.63, 3.8) is 0 Å². The maximum atomic E-state index is 11.6. The number of anilines is 1. The molecule has 1 atom stereocenters. The van der Waals surface area contributed by atoms with E-state index in [2.05, 4.69) is 20.8 Å². The van der Waals surface area contributed by atoms with Crippen molar-refractivity contribution in [2.75, 3.05) is 11.4 Å². The maximum Gasteiger partial charge on any atom is 0.319 e. The van der Waals surface area contributed by atoms with Crippen LogP contribution in [0, 0.1) is 0 Å². The van der Waals surface area contributed by atoms with Gasteiger partial charge in [0.05, 0.1) is 6.54 Å². The first-order valence-electron chi connectivity index (χ1n) is 6.44. The molecular formula is C12H19N5O3. The van der Waals surface area contributed by atoms with Crippen LogP contribution in [0.4, 0.5) is 6.01 Å². The number of amides is 2. The lowest BCUT2D eigenvalue weighted by Gasteiger charge is -2.29. The Morgan fingerprint density at radius 3 is 2.75 bits per heavy atom. The second-order valence-electron chi connectivity index (χ2n) is 5.80. The van der Waals surface area contributed by atoms with Gasteiger partial charge < -0.3 is 14.6 Å². The Labute approximate surface area is 116 Å². The number of carbonyl (C=O) groups excluding carboxylic acids is 2. The summed E-state index contributed by atoms with van der Waals surface area (Å²) < 4.78 is 5.49. The Kier molecular flexibility index (Phi) is 3.76. The molecule has 0 aliphatic carbocycles. The maximum absolute atomic E-state index is 11.6. The Balaban J connectivity index is 2.08. The number of piperazine rings is 1. The molecule has 0 aromatic carbocycles. The van der Waals surface area contributed by atoms with Crippen LogP contribution < -0.4 is 15.5 Å². The van der Waals surface area contributed by atoms with Gasteiger partial charge in [0, 0.05) is 5.54 Å². The summed E-state index contributed by atoms with van der Waals surface area (Å²) in [6, 6.07) is -0.331. The van der Waals surface area contributed by atoms with Crippen LogP contribution in [0.5, 0.6) is 0 Å². The lowest BCUT2D eigenvalue weighted by atomic mass is 10.1. The zero-order valence-electron chi connectivity index (χ0n) is 12.1. The lowest BCUT2D eigenvalue weighted by molar-refractivity contribution is -0.132. The Morgan fingerprint density at radius 2 is 2.10 bits per heavy atom. The van der Waals surface area contributed by atoms with Crippen LogP contribution >= 0.6 is 0 Å². The molecule has 2 N–H and O–H groups in total. The molecule has 1 saturated heterocycles. The van der Waals surface area contributed by atoms with E-state index in [0.29, 0.717) is 12.4 Å². The highest BCUT2D eigenvalue weighted by Gasteiger charge is 2.33. The molecule has 1 aromatic heterocycles. The molecule has 2 rings (SSSR count). The third-order valence-corrected chi connectivity index (χ3v) is 2.90. The van der Waals surface area contributed by atoms with Gasteiger partial charge in [-0.1, -0.05) is 5.10 Å². The van der Waals surface area contributed by atoms with Crippen LogP contribution in [0.25, 0.3) is 0 Å². The van der Waals surface area contributed by atoms with Crippen molar-refractivity contribution in [1.29, 1.82) is 0 Å². The number of carbonyl (C=O) groups is 2. The third-order valence-electron chi connectivity index (χ3n) is 2.90. The standard InChI is InChI=1S/C12H19N5O3/c1-7-10(19)14-8(18)6-17(7)11-16-15-9(20-11)5-13-12(2,3)4/h7,13H,5-6H2,1-4H3,(H,14,18,19). The van der Waals surface area contributed by atoms with Crippen molar-refractivity contribution >= 4 is 17.8 Å². The topological polar surface area (TPSA) is 100 Å². The molecule has 8 heteroatoms. The average Bonchev–Trinajstić information content (AvgIpc) is 2.79. The monoisotopic (exact) mass is 281 g/mol. The van der Waals surface area contributed by atoms with Crippen molar-refractivity contribution in [3.05, 3.63) is 5.89 Å². The van der Waals surface area contributed by atoms with Crippen LogP contribution in [0.1, 0.15) is 33.6 Å². The SMILES string of the molecule is CC1C(=O)NC(=O)CN1c1nnc(CNC(C)(C)C)o1. The van der Waals surface area contributed by atoms with E-state index in [9.17, 15) is 9.59 Å². The Bertz CT molecular complexity index is 519. The largest absolute Gasteiger partial charge is 0.407 e. The smallest absolute Gasteiger partial charge is 0.319 e. The van der Waals surface area contributed by atoms with Crippen LogP contribution in [-0.4, -0.2) is 40.1 Å². The first kappa shape index (κ1) is 14.4. The van der Waals surface area contributed by atoms with Crippen molar-refractivity contribution < 1.29 is 14.0 Å². The predicted molar refractivity (Wildman–Crippen MR) is 70.8 cm³/mol. The first-order valence-corrected chi connectivity index (χ1v) is 6.44. The van der Waals surface area contributed by atoms with Gasteiger partial charge in [0.25, 0.3) is 0 Å².